The number of anilines is 1. The Morgan fingerprint density at radius 2 is 2.11 bits per heavy atom. The number of nitrogens with zero attached hydrogens (tertiary/aromatic N) is 2. The molecule has 0 saturated heterocycles. The second-order valence-electron chi connectivity index (χ2n) is 3.73. The number of hydrogen-bond acceptors (Lipinski definition) is 5. The molecule has 0 amide bonds. The first-order valence-corrected chi connectivity index (χ1v) is 5.34. The van der Waals surface area contributed by atoms with Gasteiger partial charge in [-0.15, -0.1) is 0 Å². The van der Waals surface area contributed by atoms with E-state index >= 15 is 0 Å². The van der Waals surface area contributed by atoms with Crippen molar-refractivity contribution in [2.45, 2.75) is 6.61 Å². The molecule has 7 heteroatoms. The van der Waals surface area contributed by atoms with E-state index in [-0.39, 0.29) is 24.0 Å². The van der Waals surface area contributed by atoms with E-state index in [0.717, 1.165) is 12.1 Å². The van der Waals surface area contributed by atoms with Gasteiger partial charge in [0.05, 0.1) is 17.1 Å². The molecule has 1 aromatic carbocycles. The van der Waals surface area contributed by atoms with Gasteiger partial charge >= 0.3 is 0 Å². The first-order chi connectivity index (χ1) is 9.06. The van der Waals surface area contributed by atoms with E-state index in [2.05, 4.69) is 4.98 Å². The van der Waals surface area contributed by atoms with E-state index in [9.17, 15) is 14.5 Å². The largest absolute Gasteiger partial charge is 0.472 e. The normalized spacial score (nSPS) is 10.2. The molecule has 0 atom stereocenters. The van der Waals surface area contributed by atoms with Gasteiger partial charge in [-0.1, -0.05) is 18.2 Å². The summed E-state index contributed by atoms with van der Waals surface area (Å²) in [6.45, 7) is -0.0831. The lowest BCUT2D eigenvalue weighted by atomic mass is 10.2. The SMILES string of the molecule is Nc1cc([N+](=O)[O-])cc(OCc2ccccc2F)n1. The molecule has 2 N–H and O–H groups in total. The minimum absolute atomic E-state index is 0.0186. The lowest BCUT2D eigenvalue weighted by Crippen LogP contribution is -2.02. The van der Waals surface area contributed by atoms with Crippen LogP contribution in [-0.4, -0.2) is 9.91 Å². The van der Waals surface area contributed by atoms with Crippen LogP contribution in [0.3, 0.4) is 0 Å². The fourth-order valence-electron chi connectivity index (χ4n) is 1.46. The molecule has 19 heavy (non-hydrogen) atoms. The second kappa shape index (κ2) is 5.30. The molecule has 0 unspecified atom stereocenters. The third-order valence-corrected chi connectivity index (χ3v) is 2.35. The fraction of sp³-hybridized carbons (Fsp3) is 0.0833. The number of halogens is 1. The Balaban J connectivity index is 2.16. The molecule has 0 saturated carbocycles. The van der Waals surface area contributed by atoms with E-state index in [0.29, 0.717) is 5.56 Å². The number of rotatable bonds is 4. The van der Waals surface area contributed by atoms with Gasteiger partial charge in [-0.3, -0.25) is 10.1 Å². The Kier molecular flexibility index (Phi) is 3.56. The third kappa shape index (κ3) is 3.15. The molecule has 0 spiro atoms. The Labute approximate surface area is 107 Å². The average molecular weight is 263 g/mol. The van der Waals surface area contributed by atoms with Gasteiger partial charge in [-0.05, 0) is 6.07 Å². The number of pyridine rings is 1. The van der Waals surface area contributed by atoms with Crippen molar-refractivity contribution < 1.29 is 14.1 Å². The first kappa shape index (κ1) is 12.7. The van der Waals surface area contributed by atoms with Gasteiger partial charge in [0.15, 0.2) is 0 Å². The number of benzene rings is 1. The minimum Gasteiger partial charge on any atom is -0.472 e. The van der Waals surface area contributed by atoms with E-state index in [1.165, 1.54) is 6.07 Å². The zero-order chi connectivity index (χ0) is 13.8. The van der Waals surface area contributed by atoms with Crippen LogP contribution in [0.5, 0.6) is 5.88 Å². The Hall–Kier alpha value is -2.70. The van der Waals surface area contributed by atoms with Crippen molar-refractivity contribution in [1.82, 2.24) is 4.98 Å². The quantitative estimate of drug-likeness (QED) is 0.675. The number of ether oxygens (including phenoxy) is 1. The van der Waals surface area contributed by atoms with Crippen LogP contribution in [0.25, 0.3) is 0 Å². The molecule has 0 bridgehead atoms. The summed E-state index contributed by atoms with van der Waals surface area (Å²) in [6, 6.07) is 8.33. The van der Waals surface area contributed by atoms with Crippen LogP contribution in [0, 0.1) is 15.9 Å². The summed E-state index contributed by atoms with van der Waals surface area (Å²) in [6.07, 6.45) is 0. The Morgan fingerprint density at radius 1 is 1.37 bits per heavy atom. The molecule has 1 aromatic heterocycles. The summed E-state index contributed by atoms with van der Waals surface area (Å²) in [4.78, 5) is 13.8. The molecule has 2 rings (SSSR count). The van der Waals surface area contributed by atoms with Crippen molar-refractivity contribution in [3.63, 3.8) is 0 Å². The summed E-state index contributed by atoms with van der Waals surface area (Å²) in [5.41, 5.74) is 5.53. The first-order valence-electron chi connectivity index (χ1n) is 5.34. The maximum absolute atomic E-state index is 13.3. The summed E-state index contributed by atoms with van der Waals surface area (Å²) < 4.78 is 18.6. The van der Waals surface area contributed by atoms with Crippen LogP contribution in [0.2, 0.25) is 0 Å². The lowest BCUT2D eigenvalue weighted by molar-refractivity contribution is -0.384. The van der Waals surface area contributed by atoms with E-state index in [1.807, 2.05) is 0 Å². The van der Waals surface area contributed by atoms with Gasteiger partial charge in [0.2, 0.25) is 5.88 Å². The molecule has 0 aliphatic rings. The van der Waals surface area contributed by atoms with E-state index < -0.39 is 10.7 Å². The molecule has 0 fully saturated rings. The van der Waals surface area contributed by atoms with E-state index in [4.69, 9.17) is 10.5 Å². The molecule has 0 radical (unpaired) electrons. The number of nitro groups is 1. The van der Waals surface area contributed by atoms with Crippen LogP contribution in [-0.2, 0) is 6.61 Å². The van der Waals surface area contributed by atoms with Crippen molar-refractivity contribution in [2.75, 3.05) is 5.73 Å². The molecule has 0 aliphatic heterocycles. The van der Waals surface area contributed by atoms with Crippen molar-refractivity contribution in [3.8, 4) is 5.88 Å². The number of nitrogens with two attached hydrogens (primary N) is 1. The maximum Gasteiger partial charge on any atom is 0.278 e. The summed E-state index contributed by atoms with van der Waals surface area (Å²) in [5, 5.41) is 10.6. The highest BCUT2D eigenvalue weighted by Gasteiger charge is 2.11. The summed E-state index contributed by atoms with van der Waals surface area (Å²) >= 11 is 0. The summed E-state index contributed by atoms with van der Waals surface area (Å²) in [7, 11) is 0. The Bertz CT molecular complexity index is 619. The zero-order valence-corrected chi connectivity index (χ0v) is 9.75. The van der Waals surface area contributed by atoms with E-state index in [1.54, 1.807) is 18.2 Å². The molecular weight excluding hydrogens is 253 g/mol. The predicted octanol–water partition coefficient (Wildman–Crippen LogP) is 2.29. The number of hydrogen-bond donors (Lipinski definition) is 1. The van der Waals surface area contributed by atoms with Crippen LogP contribution in [0.15, 0.2) is 36.4 Å². The topological polar surface area (TPSA) is 91.3 Å². The molecule has 6 nitrogen and oxygen atoms in total. The molecule has 0 aliphatic carbocycles. The summed E-state index contributed by atoms with van der Waals surface area (Å²) in [5.74, 6) is -0.464. The van der Waals surface area contributed by atoms with Gasteiger partial charge in [-0.25, -0.2) is 4.39 Å². The molecule has 1 heterocycles. The third-order valence-electron chi connectivity index (χ3n) is 2.35. The molecule has 98 valence electrons. The zero-order valence-electron chi connectivity index (χ0n) is 9.75. The van der Waals surface area contributed by atoms with Crippen LogP contribution < -0.4 is 10.5 Å². The standard InChI is InChI=1S/C12H10FN3O3/c13-10-4-2-1-3-8(10)7-19-12-6-9(16(17)18)5-11(14)15-12/h1-6H,7H2,(H2,14,15). The van der Waals surface area contributed by atoms with Crippen molar-refractivity contribution in [2.24, 2.45) is 0 Å². The number of nitrogen functional groups attached to an aromatic ring is 1. The lowest BCUT2D eigenvalue weighted by Gasteiger charge is -2.06. The van der Waals surface area contributed by atoms with Crippen LogP contribution >= 0.6 is 0 Å². The average Bonchev–Trinajstić information content (AvgIpc) is 2.37. The van der Waals surface area contributed by atoms with Gasteiger partial charge in [-0.2, -0.15) is 4.98 Å². The highest BCUT2D eigenvalue weighted by atomic mass is 19.1. The van der Waals surface area contributed by atoms with Gasteiger partial charge in [0.25, 0.3) is 5.69 Å². The molecule has 2 aromatic rings. The van der Waals surface area contributed by atoms with Crippen molar-refractivity contribution >= 4 is 11.5 Å². The van der Waals surface area contributed by atoms with Gasteiger partial charge in [0.1, 0.15) is 18.2 Å². The second-order valence-corrected chi connectivity index (χ2v) is 3.73. The maximum atomic E-state index is 13.3. The fourth-order valence-corrected chi connectivity index (χ4v) is 1.46. The van der Waals surface area contributed by atoms with Crippen LogP contribution in [0.1, 0.15) is 5.56 Å². The van der Waals surface area contributed by atoms with Gasteiger partial charge < -0.3 is 10.5 Å². The van der Waals surface area contributed by atoms with Gasteiger partial charge in [0, 0.05) is 5.56 Å². The Morgan fingerprint density at radius 3 is 2.79 bits per heavy atom. The van der Waals surface area contributed by atoms with Crippen molar-refractivity contribution in [1.29, 1.82) is 0 Å². The highest BCUT2D eigenvalue weighted by Crippen LogP contribution is 2.21. The highest BCUT2D eigenvalue weighted by molar-refractivity contribution is 5.45. The minimum atomic E-state index is -0.603. The van der Waals surface area contributed by atoms with Crippen LogP contribution in [0.4, 0.5) is 15.9 Å². The monoisotopic (exact) mass is 263 g/mol. The molecular formula is C12H10FN3O3. The number of aromatic nitrogens is 1. The van der Waals surface area contributed by atoms with Crippen molar-refractivity contribution in [3.05, 3.63) is 57.9 Å². The smallest absolute Gasteiger partial charge is 0.278 e. The predicted molar refractivity (Wildman–Crippen MR) is 66.0 cm³/mol.